The molecule has 1 unspecified atom stereocenters. The van der Waals surface area contributed by atoms with Crippen molar-refractivity contribution in [3.63, 3.8) is 0 Å². The average Bonchev–Trinajstić information content (AvgIpc) is 3.40. The summed E-state index contributed by atoms with van der Waals surface area (Å²) in [6.07, 6.45) is 5.48. The first-order valence-electron chi connectivity index (χ1n) is 10.9. The lowest BCUT2D eigenvalue weighted by Crippen LogP contribution is -2.51. The molecule has 0 bridgehead atoms. The molecular formula is C23H22N6O3. The van der Waals surface area contributed by atoms with Crippen molar-refractivity contribution in [2.75, 3.05) is 19.6 Å². The van der Waals surface area contributed by atoms with E-state index in [4.69, 9.17) is 0 Å². The second kappa shape index (κ2) is 7.15. The van der Waals surface area contributed by atoms with Gasteiger partial charge in [0.05, 0.1) is 11.6 Å². The van der Waals surface area contributed by atoms with Crippen molar-refractivity contribution in [3.05, 3.63) is 65.1 Å². The summed E-state index contributed by atoms with van der Waals surface area (Å²) in [4.78, 5) is 42.8. The van der Waals surface area contributed by atoms with Gasteiger partial charge in [-0.3, -0.25) is 14.9 Å². The first-order chi connectivity index (χ1) is 15.6. The molecule has 3 aromatic rings. The Bertz CT molecular complexity index is 1260. The van der Waals surface area contributed by atoms with Gasteiger partial charge in [-0.2, -0.15) is 5.10 Å². The van der Waals surface area contributed by atoms with Crippen molar-refractivity contribution in [2.45, 2.75) is 30.6 Å². The largest absolute Gasteiger partial charge is 0.339 e. The van der Waals surface area contributed by atoms with Crippen LogP contribution in [0.4, 0.5) is 4.79 Å². The molecule has 9 heteroatoms. The molecule has 2 aliphatic heterocycles. The van der Waals surface area contributed by atoms with E-state index in [1.165, 1.54) is 0 Å². The third-order valence-electron chi connectivity index (χ3n) is 6.68. The summed E-state index contributed by atoms with van der Waals surface area (Å²) in [6.45, 7) is 1.88. The zero-order chi connectivity index (χ0) is 21.8. The molecule has 0 spiro atoms. The van der Waals surface area contributed by atoms with Crippen molar-refractivity contribution in [1.29, 1.82) is 0 Å². The summed E-state index contributed by atoms with van der Waals surface area (Å²) in [5.74, 6) is -0.279. The van der Waals surface area contributed by atoms with E-state index in [0.29, 0.717) is 5.69 Å². The van der Waals surface area contributed by atoms with E-state index in [9.17, 15) is 14.4 Å². The molecule has 9 nitrogen and oxygen atoms in total. The van der Waals surface area contributed by atoms with Gasteiger partial charge in [0.15, 0.2) is 5.65 Å². The van der Waals surface area contributed by atoms with E-state index in [2.05, 4.69) is 26.8 Å². The quantitative estimate of drug-likeness (QED) is 0.656. The second-order valence-corrected chi connectivity index (χ2v) is 8.69. The van der Waals surface area contributed by atoms with Crippen LogP contribution in [0.3, 0.4) is 0 Å². The molecule has 32 heavy (non-hydrogen) atoms. The number of carbonyl (C=O) groups is 3. The Labute approximate surface area is 183 Å². The van der Waals surface area contributed by atoms with Crippen LogP contribution in [0.5, 0.6) is 0 Å². The zero-order valence-corrected chi connectivity index (χ0v) is 17.3. The number of benzene rings is 1. The fourth-order valence-corrected chi connectivity index (χ4v) is 4.69. The number of hydrogen-bond donors (Lipinski definition) is 2. The summed E-state index contributed by atoms with van der Waals surface area (Å²) < 4.78 is 1.70. The summed E-state index contributed by atoms with van der Waals surface area (Å²) in [5, 5.41) is 9.55. The highest BCUT2D eigenvalue weighted by atomic mass is 16.2. The monoisotopic (exact) mass is 430 g/mol. The molecule has 3 aliphatic rings. The number of imide groups is 1. The third kappa shape index (κ3) is 3.12. The molecule has 0 radical (unpaired) electrons. The van der Waals surface area contributed by atoms with Gasteiger partial charge >= 0.3 is 6.03 Å². The fourth-order valence-electron chi connectivity index (χ4n) is 4.69. The lowest BCUT2D eigenvalue weighted by Gasteiger charge is -2.31. The molecular weight excluding hydrogens is 408 g/mol. The van der Waals surface area contributed by atoms with Gasteiger partial charge in [-0.25, -0.2) is 14.3 Å². The molecule has 6 rings (SSSR count). The van der Waals surface area contributed by atoms with Crippen LogP contribution >= 0.6 is 0 Å². The number of aromatic nitrogens is 3. The Morgan fingerprint density at radius 1 is 1.12 bits per heavy atom. The summed E-state index contributed by atoms with van der Waals surface area (Å²) in [7, 11) is 0. The number of amides is 4. The van der Waals surface area contributed by atoms with Gasteiger partial charge in [0.1, 0.15) is 0 Å². The minimum Gasteiger partial charge on any atom is -0.339 e. The van der Waals surface area contributed by atoms with Crippen LogP contribution in [0.15, 0.2) is 42.7 Å². The minimum atomic E-state index is -0.548. The summed E-state index contributed by atoms with van der Waals surface area (Å²) >= 11 is 0. The fraction of sp³-hybridized carbons (Fsp3) is 0.348. The smallest absolute Gasteiger partial charge is 0.321 e. The molecule has 4 heterocycles. The SMILES string of the molecule is O=C1NCC(c2cc([C@H]3C[C@@H]3c3cccc(C(=O)N4CCC4)c3)c3nccn3n2)C(=O)N1. The van der Waals surface area contributed by atoms with E-state index >= 15 is 0 Å². The van der Waals surface area contributed by atoms with Gasteiger partial charge in [0.2, 0.25) is 5.91 Å². The highest BCUT2D eigenvalue weighted by molar-refractivity contribution is 6.00. The number of urea groups is 1. The predicted octanol–water partition coefficient (Wildman–Crippen LogP) is 1.77. The van der Waals surface area contributed by atoms with Crippen molar-refractivity contribution in [2.24, 2.45) is 0 Å². The molecule has 1 saturated carbocycles. The Morgan fingerprint density at radius 3 is 2.78 bits per heavy atom. The minimum absolute atomic E-state index is 0.0995. The second-order valence-electron chi connectivity index (χ2n) is 8.69. The van der Waals surface area contributed by atoms with Crippen LogP contribution in [0.1, 0.15) is 57.8 Å². The Hall–Kier alpha value is -3.75. The average molecular weight is 430 g/mol. The predicted molar refractivity (Wildman–Crippen MR) is 114 cm³/mol. The van der Waals surface area contributed by atoms with Crippen LogP contribution in [-0.4, -0.2) is 57.0 Å². The highest BCUT2D eigenvalue weighted by Crippen LogP contribution is 2.55. The molecule has 3 fully saturated rings. The molecule has 4 amide bonds. The van der Waals surface area contributed by atoms with Gasteiger partial charge in [0, 0.05) is 43.2 Å². The maximum absolute atomic E-state index is 12.6. The zero-order valence-electron chi connectivity index (χ0n) is 17.3. The lowest BCUT2D eigenvalue weighted by atomic mass is 9.98. The van der Waals surface area contributed by atoms with Crippen LogP contribution in [0.2, 0.25) is 0 Å². The van der Waals surface area contributed by atoms with E-state index in [1.807, 2.05) is 29.2 Å². The van der Waals surface area contributed by atoms with Gasteiger partial charge < -0.3 is 10.2 Å². The molecule has 1 aromatic carbocycles. The maximum Gasteiger partial charge on any atom is 0.321 e. The number of fused-ring (bicyclic) bond motifs is 1. The van der Waals surface area contributed by atoms with Crippen LogP contribution in [0.25, 0.3) is 5.65 Å². The van der Waals surface area contributed by atoms with Gasteiger partial charge in [-0.1, -0.05) is 12.1 Å². The maximum atomic E-state index is 12.6. The Morgan fingerprint density at radius 2 is 2.00 bits per heavy atom. The Kier molecular flexibility index (Phi) is 4.24. The van der Waals surface area contributed by atoms with Crippen LogP contribution in [-0.2, 0) is 4.79 Å². The molecule has 1 aliphatic carbocycles. The third-order valence-corrected chi connectivity index (χ3v) is 6.68. The van der Waals surface area contributed by atoms with E-state index in [0.717, 1.165) is 48.3 Å². The van der Waals surface area contributed by atoms with Gasteiger partial charge in [0.25, 0.3) is 5.91 Å². The lowest BCUT2D eigenvalue weighted by molar-refractivity contribution is -0.122. The Balaban J connectivity index is 1.30. The normalized spacial score (nSPS) is 24.6. The van der Waals surface area contributed by atoms with Gasteiger partial charge in [-0.15, -0.1) is 0 Å². The number of imidazole rings is 1. The van der Waals surface area contributed by atoms with Crippen molar-refractivity contribution >= 4 is 23.5 Å². The number of carbonyl (C=O) groups excluding carboxylic acids is 3. The van der Waals surface area contributed by atoms with Crippen molar-refractivity contribution < 1.29 is 14.4 Å². The topological polar surface area (TPSA) is 109 Å². The van der Waals surface area contributed by atoms with Crippen molar-refractivity contribution in [1.82, 2.24) is 30.1 Å². The number of hydrogen-bond acceptors (Lipinski definition) is 5. The summed E-state index contributed by atoms with van der Waals surface area (Å²) in [5.41, 5.74) is 4.30. The number of rotatable bonds is 4. The molecule has 2 aromatic heterocycles. The standard InChI is InChI=1S/C23H22N6O3/c30-21-18(12-25-23(32)26-21)19-11-17(20-24-5-8-29(20)27-19)16-10-15(16)13-3-1-4-14(9-13)22(31)28-6-2-7-28/h1,3-5,8-9,11,15-16,18H,2,6-7,10,12H2,(H2,25,26,30,32)/t15-,16+,18?/m1/s1. The highest BCUT2D eigenvalue weighted by Gasteiger charge is 2.42. The molecule has 3 atom stereocenters. The van der Waals surface area contributed by atoms with E-state index in [1.54, 1.807) is 16.9 Å². The molecule has 162 valence electrons. The number of nitrogens with one attached hydrogen (secondary N) is 2. The molecule has 2 N–H and O–H groups in total. The van der Waals surface area contributed by atoms with E-state index in [-0.39, 0.29) is 30.2 Å². The molecule has 2 saturated heterocycles. The first-order valence-corrected chi connectivity index (χ1v) is 10.9. The van der Waals surface area contributed by atoms with Crippen LogP contribution in [0, 0.1) is 0 Å². The number of nitrogens with zero attached hydrogens (tertiary/aromatic N) is 4. The first kappa shape index (κ1) is 19.0. The van der Waals surface area contributed by atoms with Gasteiger partial charge in [-0.05, 0) is 48.4 Å². The summed E-state index contributed by atoms with van der Waals surface area (Å²) in [6, 6.07) is 9.39. The van der Waals surface area contributed by atoms with Crippen LogP contribution < -0.4 is 10.6 Å². The van der Waals surface area contributed by atoms with Crippen molar-refractivity contribution in [3.8, 4) is 0 Å². The van der Waals surface area contributed by atoms with E-state index < -0.39 is 11.9 Å². The number of likely N-dealkylation sites (tertiary alicyclic amines) is 1.